The Hall–Kier alpha value is -2.74. The van der Waals surface area contributed by atoms with Gasteiger partial charge in [-0.15, -0.1) is 5.10 Å². The number of hydrogen-bond donors (Lipinski definition) is 1. The molecule has 0 aliphatic heterocycles. The van der Waals surface area contributed by atoms with Crippen molar-refractivity contribution >= 4 is 21.8 Å². The van der Waals surface area contributed by atoms with Gasteiger partial charge in [0.15, 0.2) is 5.82 Å². The molecule has 1 N–H and O–H groups in total. The number of nitrogens with zero attached hydrogens (tertiary/aromatic N) is 4. The van der Waals surface area contributed by atoms with Crippen LogP contribution in [0.5, 0.6) is 0 Å². The van der Waals surface area contributed by atoms with Crippen LogP contribution < -0.4 is 10.9 Å². The second kappa shape index (κ2) is 7.22. The molecule has 8 heteroatoms. The predicted octanol–water partition coefficient (Wildman–Crippen LogP) is 1.62. The molecule has 0 saturated heterocycles. The van der Waals surface area contributed by atoms with Crippen LogP contribution in [-0.2, 0) is 6.54 Å². The number of rotatable bonds is 5. The van der Waals surface area contributed by atoms with E-state index in [1.54, 1.807) is 47.4 Å². The fourth-order valence-electron chi connectivity index (χ4n) is 2.14. The topological polar surface area (TPSA) is 81.8 Å². The molecule has 0 radical (unpaired) electrons. The average molecular weight is 388 g/mol. The molecule has 0 aliphatic carbocycles. The maximum Gasteiger partial charge on any atom is 0.266 e. The van der Waals surface area contributed by atoms with E-state index in [2.05, 4.69) is 31.4 Å². The number of hydrogen-bond acceptors (Lipinski definition) is 4. The summed E-state index contributed by atoms with van der Waals surface area (Å²) in [5.74, 6) is 0.329. The van der Waals surface area contributed by atoms with Crippen molar-refractivity contribution in [3.8, 4) is 5.82 Å². The van der Waals surface area contributed by atoms with Crippen LogP contribution in [0.15, 0.2) is 64.1 Å². The van der Waals surface area contributed by atoms with Gasteiger partial charge in [-0.2, -0.15) is 5.10 Å². The lowest BCUT2D eigenvalue weighted by molar-refractivity contribution is 0.0951. The van der Waals surface area contributed by atoms with E-state index in [9.17, 15) is 9.59 Å². The summed E-state index contributed by atoms with van der Waals surface area (Å²) in [5.41, 5.74) is 0.309. The number of carbonyl (C=O) groups is 1. The molecule has 0 fully saturated rings. The fraction of sp³-hybridized carbons (Fsp3) is 0.125. The van der Waals surface area contributed by atoms with Gasteiger partial charge >= 0.3 is 0 Å². The predicted molar refractivity (Wildman–Crippen MR) is 92.1 cm³/mol. The van der Waals surface area contributed by atoms with Gasteiger partial charge in [0.1, 0.15) is 0 Å². The SMILES string of the molecule is O=C(NCCn1nc(-n2cccn2)ccc1=O)c1ccccc1Br. The van der Waals surface area contributed by atoms with Crippen LogP contribution in [-0.4, -0.2) is 32.0 Å². The first kappa shape index (κ1) is 16.1. The highest BCUT2D eigenvalue weighted by Gasteiger charge is 2.09. The third kappa shape index (κ3) is 3.60. The van der Waals surface area contributed by atoms with E-state index in [1.165, 1.54) is 10.7 Å². The molecule has 1 amide bonds. The van der Waals surface area contributed by atoms with Crippen molar-refractivity contribution in [1.29, 1.82) is 0 Å². The van der Waals surface area contributed by atoms with Crippen LogP contribution >= 0.6 is 15.9 Å². The van der Waals surface area contributed by atoms with Gasteiger partial charge < -0.3 is 5.32 Å². The number of halogens is 1. The Kier molecular flexibility index (Phi) is 4.85. The second-order valence-corrected chi connectivity index (χ2v) is 5.79. The van der Waals surface area contributed by atoms with Crippen LogP contribution in [0.2, 0.25) is 0 Å². The molecule has 0 aliphatic rings. The molecule has 0 unspecified atom stereocenters. The van der Waals surface area contributed by atoms with E-state index in [1.807, 2.05) is 6.07 Å². The molecule has 0 saturated carbocycles. The third-order valence-corrected chi connectivity index (χ3v) is 4.01. The average Bonchev–Trinajstić information content (AvgIpc) is 3.11. The van der Waals surface area contributed by atoms with Gasteiger partial charge in [-0.05, 0) is 40.2 Å². The lowest BCUT2D eigenvalue weighted by atomic mass is 10.2. The Morgan fingerprint density at radius 2 is 2.00 bits per heavy atom. The van der Waals surface area contributed by atoms with Crippen LogP contribution in [0.1, 0.15) is 10.4 Å². The summed E-state index contributed by atoms with van der Waals surface area (Å²) >= 11 is 3.34. The minimum absolute atomic E-state index is 0.209. The van der Waals surface area contributed by atoms with Crippen LogP contribution in [0.4, 0.5) is 0 Å². The van der Waals surface area contributed by atoms with Gasteiger partial charge in [0, 0.05) is 29.5 Å². The summed E-state index contributed by atoms with van der Waals surface area (Å²) in [7, 11) is 0. The standard InChI is InChI=1S/C16H14BrN5O2/c17-13-5-2-1-4-12(13)16(24)18-9-11-22-15(23)7-6-14(20-22)21-10-3-8-19-21/h1-8,10H,9,11H2,(H,18,24). The summed E-state index contributed by atoms with van der Waals surface area (Å²) in [5, 5.41) is 11.1. The van der Waals surface area contributed by atoms with Crippen molar-refractivity contribution in [1.82, 2.24) is 24.9 Å². The largest absolute Gasteiger partial charge is 0.350 e. The van der Waals surface area contributed by atoms with E-state index in [4.69, 9.17) is 0 Å². The van der Waals surface area contributed by atoms with Gasteiger partial charge in [-0.25, -0.2) is 9.36 Å². The number of nitrogens with one attached hydrogen (secondary N) is 1. The molecule has 2 aromatic heterocycles. The summed E-state index contributed by atoms with van der Waals surface area (Å²) in [6.45, 7) is 0.555. The van der Waals surface area contributed by atoms with Crippen LogP contribution in [0.25, 0.3) is 5.82 Å². The van der Waals surface area contributed by atoms with Crippen molar-refractivity contribution in [2.45, 2.75) is 6.54 Å². The Morgan fingerprint density at radius 3 is 2.75 bits per heavy atom. The summed E-state index contributed by atoms with van der Waals surface area (Å²) in [6.07, 6.45) is 3.38. The quantitative estimate of drug-likeness (QED) is 0.720. The Morgan fingerprint density at radius 1 is 1.17 bits per heavy atom. The Balaban J connectivity index is 1.67. The lowest BCUT2D eigenvalue weighted by Crippen LogP contribution is -2.32. The van der Waals surface area contributed by atoms with E-state index in [0.717, 1.165) is 4.47 Å². The zero-order chi connectivity index (χ0) is 16.9. The highest BCUT2D eigenvalue weighted by molar-refractivity contribution is 9.10. The zero-order valence-corrected chi connectivity index (χ0v) is 14.2. The van der Waals surface area contributed by atoms with Crippen LogP contribution in [0, 0.1) is 0 Å². The normalized spacial score (nSPS) is 10.5. The van der Waals surface area contributed by atoms with E-state index in [-0.39, 0.29) is 24.6 Å². The Labute approximate surface area is 146 Å². The zero-order valence-electron chi connectivity index (χ0n) is 12.6. The molecule has 2 heterocycles. The third-order valence-electron chi connectivity index (χ3n) is 3.32. The van der Waals surface area contributed by atoms with Gasteiger partial charge in [-0.3, -0.25) is 9.59 Å². The number of aromatic nitrogens is 4. The van der Waals surface area contributed by atoms with E-state index in [0.29, 0.717) is 11.4 Å². The van der Waals surface area contributed by atoms with Gasteiger partial charge in [-0.1, -0.05) is 12.1 Å². The maximum absolute atomic E-state index is 12.1. The first-order valence-corrected chi connectivity index (χ1v) is 8.05. The van der Waals surface area contributed by atoms with Crippen LogP contribution in [0.3, 0.4) is 0 Å². The Bertz CT molecular complexity index is 905. The molecule has 122 valence electrons. The highest BCUT2D eigenvalue weighted by Crippen LogP contribution is 2.15. The fourth-order valence-corrected chi connectivity index (χ4v) is 2.61. The smallest absolute Gasteiger partial charge is 0.266 e. The van der Waals surface area contributed by atoms with Crippen molar-refractivity contribution in [3.05, 3.63) is 75.2 Å². The molecule has 7 nitrogen and oxygen atoms in total. The molecule has 3 rings (SSSR count). The molecule has 3 aromatic rings. The van der Waals surface area contributed by atoms with Gasteiger partial charge in [0.05, 0.1) is 12.1 Å². The molecule has 1 aromatic carbocycles. The molecular weight excluding hydrogens is 374 g/mol. The monoisotopic (exact) mass is 387 g/mol. The first-order valence-electron chi connectivity index (χ1n) is 7.26. The molecule has 24 heavy (non-hydrogen) atoms. The molecule has 0 atom stereocenters. The molecular formula is C16H14BrN5O2. The minimum atomic E-state index is -0.235. The first-order chi connectivity index (χ1) is 11.6. The van der Waals surface area contributed by atoms with Crippen molar-refractivity contribution in [2.75, 3.05) is 6.54 Å². The summed E-state index contributed by atoms with van der Waals surface area (Å²) in [4.78, 5) is 24.0. The van der Waals surface area contributed by atoms with Crippen molar-refractivity contribution in [3.63, 3.8) is 0 Å². The number of benzene rings is 1. The second-order valence-electron chi connectivity index (χ2n) is 4.94. The summed E-state index contributed by atoms with van der Waals surface area (Å²) < 4.78 is 3.59. The van der Waals surface area contributed by atoms with Crippen molar-refractivity contribution < 1.29 is 4.79 Å². The lowest BCUT2D eigenvalue weighted by Gasteiger charge is -2.09. The highest BCUT2D eigenvalue weighted by atomic mass is 79.9. The number of amides is 1. The molecule has 0 spiro atoms. The summed E-state index contributed by atoms with van der Waals surface area (Å²) in [6, 6.07) is 12.0. The van der Waals surface area contributed by atoms with Crippen molar-refractivity contribution in [2.24, 2.45) is 0 Å². The van der Waals surface area contributed by atoms with E-state index >= 15 is 0 Å². The minimum Gasteiger partial charge on any atom is -0.350 e. The van der Waals surface area contributed by atoms with E-state index < -0.39 is 0 Å². The van der Waals surface area contributed by atoms with Gasteiger partial charge in [0.25, 0.3) is 11.5 Å². The maximum atomic E-state index is 12.1. The molecule has 0 bridgehead atoms. The van der Waals surface area contributed by atoms with Gasteiger partial charge in [0.2, 0.25) is 0 Å². The number of carbonyl (C=O) groups excluding carboxylic acids is 1.